The smallest absolute Gasteiger partial charge is 0.363 e. The lowest BCUT2D eigenvalue weighted by Gasteiger charge is -2.30. The number of benzene rings is 1. The van der Waals surface area contributed by atoms with Crippen molar-refractivity contribution in [2.75, 3.05) is 38.0 Å². The molecule has 7 nitrogen and oxygen atoms in total. The number of carboxylic acid groups (broad SMARTS) is 1. The SMILES string of the molecule is C[N+](C)(C)C(CSCC(C#N)NC(=O)Nc1ccccc1)C(=O)O. The molecule has 0 saturated carbocycles. The summed E-state index contributed by atoms with van der Waals surface area (Å²) in [6, 6.07) is 9.20. The molecule has 0 aromatic heterocycles. The van der Waals surface area contributed by atoms with E-state index in [0.717, 1.165) is 0 Å². The third kappa shape index (κ3) is 6.89. The summed E-state index contributed by atoms with van der Waals surface area (Å²) < 4.78 is 0.293. The van der Waals surface area contributed by atoms with Crippen molar-refractivity contribution in [2.24, 2.45) is 0 Å². The van der Waals surface area contributed by atoms with Gasteiger partial charge in [0, 0.05) is 11.4 Å². The minimum Gasteiger partial charge on any atom is -0.477 e. The van der Waals surface area contributed by atoms with Gasteiger partial charge in [-0.05, 0) is 12.1 Å². The van der Waals surface area contributed by atoms with Crippen LogP contribution in [0.1, 0.15) is 0 Å². The van der Waals surface area contributed by atoms with Crippen LogP contribution in [0.2, 0.25) is 0 Å². The molecule has 0 aliphatic carbocycles. The molecule has 0 aliphatic heterocycles. The van der Waals surface area contributed by atoms with Gasteiger partial charge in [-0.1, -0.05) is 18.2 Å². The second-order valence-corrected chi connectivity index (χ2v) is 7.23. The zero-order valence-corrected chi connectivity index (χ0v) is 14.8. The molecule has 0 fully saturated rings. The number of urea groups is 1. The van der Waals surface area contributed by atoms with Crippen LogP contribution in [0.15, 0.2) is 30.3 Å². The highest BCUT2D eigenvalue weighted by atomic mass is 32.2. The molecular formula is C16H23N4O3S+. The minimum atomic E-state index is -0.877. The third-order valence-electron chi connectivity index (χ3n) is 3.27. The zero-order chi connectivity index (χ0) is 18.2. The van der Waals surface area contributed by atoms with Crippen LogP contribution in [0, 0.1) is 11.3 Å². The maximum Gasteiger partial charge on any atom is 0.363 e. The van der Waals surface area contributed by atoms with Crippen LogP contribution in [0.4, 0.5) is 10.5 Å². The van der Waals surface area contributed by atoms with Crippen molar-refractivity contribution in [1.82, 2.24) is 5.32 Å². The highest BCUT2D eigenvalue weighted by Gasteiger charge is 2.31. The number of aliphatic carboxylic acids is 1. The molecule has 0 heterocycles. The van der Waals surface area contributed by atoms with Gasteiger partial charge in [0.2, 0.25) is 0 Å². The van der Waals surface area contributed by atoms with Crippen molar-refractivity contribution in [3.8, 4) is 6.07 Å². The molecule has 1 aromatic rings. The van der Waals surface area contributed by atoms with Gasteiger partial charge in [0.05, 0.1) is 33.0 Å². The average molecular weight is 351 g/mol. The fraction of sp³-hybridized carbons (Fsp3) is 0.438. The molecule has 8 heteroatoms. The van der Waals surface area contributed by atoms with E-state index >= 15 is 0 Å². The number of para-hydroxylation sites is 1. The Balaban J connectivity index is 2.46. The molecule has 0 bridgehead atoms. The number of likely N-dealkylation sites (N-methyl/N-ethyl adjacent to an activating group) is 1. The van der Waals surface area contributed by atoms with Gasteiger partial charge in [-0.3, -0.25) is 0 Å². The standard InChI is InChI=1S/C16H22N4O3S/c1-20(2,3)14(15(21)22)11-24-10-13(9-17)19-16(23)18-12-7-5-4-6-8-12/h4-8,13-14H,10-11H2,1-3H3,(H2-,18,19,21,22,23)/p+1. The van der Waals surface area contributed by atoms with Gasteiger partial charge < -0.3 is 20.2 Å². The topological polar surface area (TPSA) is 102 Å². The fourth-order valence-electron chi connectivity index (χ4n) is 1.88. The molecule has 0 spiro atoms. The number of nitriles is 1. The van der Waals surface area contributed by atoms with Gasteiger partial charge in [0.15, 0.2) is 6.04 Å². The van der Waals surface area contributed by atoms with E-state index in [9.17, 15) is 14.7 Å². The number of carbonyl (C=O) groups is 2. The highest BCUT2D eigenvalue weighted by Crippen LogP contribution is 2.13. The number of hydrogen-bond donors (Lipinski definition) is 3. The monoisotopic (exact) mass is 351 g/mol. The van der Waals surface area contributed by atoms with Gasteiger partial charge in [-0.15, -0.1) is 0 Å². The van der Waals surface area contributed by atoms with E-state index in [2.05, 4.69) is 10.6 Å². The number of anilines is 1. The largest absolute Gasteiger partial charge is 0.477 e. The van der Waals surface area contributed by atoms with Crippen molar-refractivity contribution in [2.45, 2.75) is 12.1 Å². The Bertz CT molecular complexity index is 596. The van der Waals surface area contributed by atoms with Gasteiger partial charge in [-0.25, -0.2) is 9.59 Å². The van der Waals surface area contributed by atoms with Gasteiger partial charge in [-0.2, -0.15) is 17.0 Å². The molecule has 24 heavy (non-hydrogen) atoms. The van der Waals surface area contributed by atoms with Crippen LogP contribution in [0.5, 0.6) is 0 Å². The Hall–Kier alpha value is -2.24. The lowest BCUT2D eigenvalue weighted by Crippen LogP contribution is -2.51. The summed E-state index contributed by atoms with van der Waals surface area (Å²) >= 11 is 1.34. The number of nitrogens with one attached hydrogen (secondary N) is 2. The Morgan fingerprint density at radius 1 is 1.25 bits per heavy atom. The van der Waals surface area contributed by atoms with Crippen LogP contribution in [0.3, 0.4) is 0 Å². The van der Waals surface area contributed by atoms with E-state index in [1.165, 1.54) is 11.8 Å². The van der Waals surface area contributed by atoms with E-state index in [-0.39, 0.29) is 0 Å². The second kappa shape index (κ2) is 9.15. The van der Waals surface area contributed by atoms with Gasteiger partial charge in [0.1, 0.15) is 6.04 Å². The van der Waals surface area contributed by atoms with E-state index in [4.69, 9.17) is 5.26 Å². The van der Waals surface area contributed by atoms with E-state index in [1.54, 1.807) is 24.3 Å². The Morgan fingerprint density at radius 2 is 1.88 bits per heavy atom. The first-order valence-corrected chi connectivity index (χ1v) is 8.53. The van der Waals surface area contributed by atoms with Crippen molar-refractivity contribution >= 4 is 29.4 Å². The number of hydrogen-bond acceptors (Lipinski definition) is 4. The normalized spacial score (nSPS) is 13.4. The van der Waals surface area contributed by atoms with Crippen LogP contribution >= 0.6 is 11.8 Å². The molecule has 3 N–H and O–H groups in total. The molecular weight excluding hydrogens is 328 g/mol. The molecule has 2 atom stereocenters. The number of amides is 2. The maximum absolute atomic E-state index is 11.9. The number of thioether (sulfide) groups is 1. The molecule has 1 aromatic carbocycles. The molecule has 0 radical (unpaired) electrons. The number of rotatable bonds is 8. The highest BCUT2D eigenvalue weighted by molar-refractivity contribution is 7.99. The number of quaternary nitrogens is 1. The first kappa shape index (κ1) is 19.8. The molecule has 0 aliphatic rings. The summed E-state index contributed by atoms with van der Waals surface area (Å²) in [5, 5.41) is 23.6. The first-order chi connectivity index (χ1) is 11.2. The second-order valence-electron chi connectivity index (χ2n) is 6.15. The Kier molecular flexibility index (Phi) is 7.55. The van der Waals surface area contributed by atoms with Crippen molar-refractivity contribution in [3.63, 3.8) is 0 Å². The predicted octanol–water partition coefficient (Wildman–Crippen LogP) is 1.59. The van der Waals surface area contributed by atoms with Crippen LogP contribution < -0.4 is 10.6 Å². The van der Waals surface area contributed by atoms with Gasteiger partial charge >= 0.3 is 12.0 Å². The molecule has 2 amide bonds. The zero-order valence-electron chi connectivity index (χ0n) is 14.0. The predicted molar refractivity (Wildman–Crippen MR) is 94.8 cm³/mol. The average Bonchev–Trinajstić information content (AvgIpc) is 2.49. The van der Waals surface area contributed by atoms with Crippen LogP contribution in [0.25, 0.3) is 0 Å². The van der Waals surface area contributed by atoms with Crippen molar-refractivity contribution in [1.29, 1.82) is 5.26 Å². The van der Waals surface area contributed by atoms with E-state index in [0.29, 0.717) is 21.7 Å². The molecule has 0 saturated heterocycles. The van der Waals surface area contributed by atoms with Crippen LogP contribution in [-0.4, -0.2) is 66.3 Å². The first-order valence-electron chi connectivity index (χ1n) is 7.38. The Morgan fingerprint density at radius 3 is 2.38 bits per heavy atom. The number of carbonyl (C=O) groups excluding carboxylic acids is 1. The number of carboxylic acids is 1. The number of nitrogens with zero attached hydrogens (tertiary/aromatic N) is 2. The summed E-state index contributed by atoms with van der Waals surface area (Å²) in [6.45, 7) is 0. The maximum atomic E-state index is 11.9. The fourth-order valence-corrected chi connectivity index (χ4v) is 3.22. The van der Waals surface area contributed by atoms with Crippen molar-refractivity contribution in [3.05, 3.63) is 30.3 Å². The van der Waals surface area contributed by atoms with Crippen molar-refractivity contribution < 1.29 is 19.2 Å². The summed E-state index contributed by atoms with van der Waals surface area (Å²) in [6.07, 6.45) is 0. The van der Waals surface area contributed by atoms with Gasteiger partial charge in [0.25, 0.3) is 0 Å². The quantitative estimate of drug-likeness (QED) is 0.617. The summed E-state index contributed by atoms with van der Waals surface area (Å²) in [5.74, 6) is -0.195. The summed E-state index contributed by atoms with van der Waals surface area (Å²) in [7, 11) is 5.44. The molecule has 2 unspecified atom stereocenters. The minimum absolute atomic E-state index is 0.293. The third-order valence-corrected chi connectivity index (χ3v) is 4.39. The van der Waals surface area contributed by atoms with E-state index in [1.807, 2.05) is 33.3 Å². The lowest BCUT2D eigenvalue weighted by atomic mass is 10.3. The van der Waals surface area contributed by atoms with Crippen LogP contribution in [-0.2, 0) is 4.79 Å². The molecule has 130 valence electrons. The Labute approximate surface area is 146 Å². The van der Waals surface area contributed by atoms with E-state index < -0.39 is 24.1 Å². The lowest BCUT2D eigenvalue weighted by molar-refractivity contribution is -0.884. The molecule has 1 rings (SSSR count). The summed E-state index contributed by atoms with van der Waals surface area (Å²) in [5.41, 5.74) is 0.635. The summed E-state index contributed by atoms with van der Waals surface area (Å²) in [4.78, 5) is 23.2.